The zero-order valence-corrected chi connectivity index (χ0v) is 13.0. The van der Waals surface area contributed by atoms with Gasteiger partial charge in [-0.25, -0.2) is 0 Å². The van der Waals surface area contributed by atoms with Gasteiger partial charge in [0.2, 0.25) is 0 Å². The molecule has 2 rings (SSSR count). The van der Waals surface area contributed by atoms with E-state index in [1.54, 1.807) is 0 Å². The Morgan fingerprint density at radius 3 is 2.42 bits per heavy atom. The zero-order valence-electron chi connectivity index (χ0n) is 13.0. The third-order valence-corrected chi connectivity index (χ3v) is 4.71. The van der Waals surface area contributed by atoms with Gasteiger partial charge in [-0.1, -0.05) is 20.8 Å². The quantitative estimate of drug-likeness (QED) is 0.685. The van der Waals surface area contributed by atoms with Crippen LogP contribution in [0.5, 0.6) is 0 Å². The molecule has 2 heterocycles. The van der Waals surface area contributed by atoms with Gasteiger partial charge in [-0.15, -0.1) is 0 Å². The van der Waals surface area contributed by atoms with Gasteiger partial charge in [-0.2, -0.15) is 0 Å². The molecule has 3 nitrogen and oxygen atoms in total. The number of nitrogens with one attached hydrogen (secondary N) is 1. The van der Waals surface area contributed by atoms with E-state index in [0.29, 0.717) is 0 Å². The molecule has 2 aliphatic rings. The lowest BCUT2D eigenvalue weighted by molar-refractivity contribution is 0.0556. The summed E-state index contributed by atoms with van der Waals surface area (Å²) >= 11 is 0. The van der Waals surface area contributed by atoms with Crippen molar-refractivity contribution in [1.82, 2.24) is 10.2 Å². The highest BCUT2D eigenvalue weighted by molar-refractivity contribution is 4.97. The second-order valence-corrected chi connectivity index (χ2v) is 6.64. The minimum atomic E-state index is 0.757. The number of hydrogen-bond donors (Lipinski definition) is 1. The zero-order chi connectivity index (χ0) is 13.7. The van der Waals surface area contributed by atoms with Crippen molar-refractivity contribution in [3.8, 4) is 0 Å². The molecule has 112 valence electrons. The second kappa shape index (κ2) is 7.61. The Morgan fingerprint density at radius 2 is 1.84 bits per heavy atom. The molecule has 2 saturated heterocycles. The molecule has 0 spiro atoms. The minimum absolute atomic E-state index is 0.757. The Hall–Kier alpha value is -0.120. The van der Waals surface area contributed by atoms with Crippen LogP contribution in [0.2, 0.25) is 0 Å². The highest BCUT2D eigenvalue weighted by Crippen LogP contribution is 2.35. The molecule has 0 aromatic heterocycles. The standard InChI is InChI=1S/C16H32N2O/c1-4-17-14-11-15-5-6-16(12-14)18(15)8-10-19-9-7-13(2)3/h13-17H,4-12H2,1-3H3. The molecule has 2 unspecified atom stereocenters. The highest BCUT2D eigenvalue weighted by Gasteiger charge is 2.39. The third kappa shape index (κ3) is 4.44. The number of ether oxygens (including phenoxy) is 1. The normalized spacial score (nSPS) is 31.3. The fraction of sp³-hybridized carbons (Fsp3) is 1.00. The molecule has 2 aliphatic heterocycles. The lowest BCUT2D eigenvalue weighted by Crippen LogP contribution is -2.50. The second-order valence-electron chi connectivity index (χ2n) is 6.64. The predicted octanol–water partition coefficient (Wildman–Crippen LogP) is 2.65. The van der Waals surface area contributed by atoms with E-state index in [1.165, 1.54) is 32.1 Å². The molecule has 0 aliphatic carbocycles. The van der Waals surface area contributed by atoms with Crippen molar-refractivity contribution >= 4 is 0 Å². The molecule has 0 saturated carbocycles. The van der Waals surface area contributed by atoms with Crippen LogP contribution in [0.15, 0.2) is 0 Å². The Bertz CT molecular complexity index is 243. The number of fused-ring (bicyclic) bond motifs is 2. The first-order valence-corrected chi connectivity index (χ1v) is 8.27. The van der Waals surface area contributed by atoms with Crippen LogP contribution in [0.25, 0.3) is 0 Å². The summed E-state index contributed by atoms with van der Waals surface area (Å²) in [6.45, 7) is 10.8. The van der Waals surface area contributed by atoms with E-state index in [1.807, 2.05) is 0 Å². The average Bonchev–Trinajstić information content (AvgIpc) is 2.60. The van der Waals surface area contributed by atoms with Crippen LogP contribution in [-0.2, 0) is 4.74 Å². The third-order valence-electron chi connectivity index (χ3n) is 4.71. The maximum Gasteiger partial charge on any atom is 0.0593 e. The van der Waals surface area contributed by atoms with Gasteiger partial charge in [-0.3, -0.25) is 4.90 Å². The minimum Gasteiger partial charge on any atom is -0.380 e. The summed E-state index contributed by atoms with van der Waals surface area (Å²) in [6, 6.07) is 2.40. The van der Waals surface area contributed by atoms with Crippen LogP contribution in [0.3, 0.4) is 0 Å². The number of piperidine rings is 1. The molecule has 0 aromatic carbocycles. The molecule has 19 heavy (non-hydrogen) atoms. The SMILES string of the molecule is CCNC1CC2CCC(C1)N2CCOCCC(C)C. The highest BCUT2D eigenvalue weighted by atomic mass is 16.5. The van der Waals surface area contributed by atoms with Crippen LogP contribution in [0.4, 0.5) is 0 Å². The van der Waals surface area contributed by atoms with E-state index in [0.717, 1.165) is 50.3 Å². The average molecular weight is 268 g/mol. The fourth-order valence-corrected chi connectivity index (χ4v) is 3.69. The van der Waals surface area contributed by atoms with Crippen LogP contribution < -0.4 is 5.32 Å². The maximum atomic E-state index is 5.79. The monoisotopic (exact) mass is 268 g/mol. The van der Waals surface area contributed by atoms with Gasteiger partial charge in [0, 0.05) is 31.3 Å². The molecule has 2 bridgehead atoms. The molecule has 1 N–H and O–H groups in total. The largest absolute Gasteiger partial charge is 0.380 e. The van der Waals surface area contributed by atoms with Crippen LogP contribution >= 0.6 is 0 Å². The van der Waals surface area contributed by atoms with Crippen molar-refractivity contribution in [1.29, 1.82) is 0 Å². The number of rotatable bonds is 8. The lowest BCUT2D eigenvalue weighted by Gasteiger charge is -2.39. The molecule has 2 fully saturated rings. The summed E-state index contributed by atoms with van der Waals surface area (Å²) in [6.07, 6.45) is 6.68. The van der Waals surface area contributed by atoms with Gasteiger partial charge in [0.15, 0.2) is 0 Å². The van der Waals surface area contributed by atoms with E-state index in [-0.39, 0.29) is 0 Å². The summed E-state index contributed by atoms with van der Waals surface area (Å²) in [5, 5.41) is 3.64. The summed E-state index contributed by atoms with van der Waals surface area (Å²) < 4.78 is 5.79. The Kier molecular flexibility index (Phi) is 6.11. The number of hydrogen-bond acceptors (Lipinski definition) is 3. The van der Waals surface area contributed by atoms with Gasteiger partial charge in [0.25, 0.3) is 0 Å². The molecular weight excluding hydrogens is 236 g/mol. The van der Waals surface area contributed by atoms with E-state index in [2.05, 4.69) is 31.0 Å². The van der Waals surface area contributed by atoms with Crippen molar-refractivity contribution < 1.29 is 4.74 Å². The van der Waals surface area contributed by atoms with Crippen molar-refractivity contribution in [2.75, 3.05) is 26.3 Å². The summed E-state index contributed by atoms with van der Waals surface area (Å²) in [5.41, 5.74) is 0. The van der Waals surface area contributed by atoms with Crippen molar-refractivity contribution in [2.45, 2.75) is 71.0 Å². The van der Waals surface area contributed by atoms with Gasteiger partial charge >= 0.3 is 0 Å². The number of nitrogens with zero attached hydrogens (tertiary/aromatic N) is 1. The van der Waals surface area contributed by atoms with Gasteiger partial charge < -0.3 is 10.1 Å². The summed E-state index contributed by atoms with van der Waals surface area (Å²) in [7, 11) is 0. The van der Waals surface area contributed by atoms with E-state index in [9.17, 15) is 0 Å². The van der Waals surface area contributed by atoms with Gasteiger partial charge in [-0.05, 0) is 44.6 Å². The first kappa shape index (κ1) is 15.3. The molecule has 0 aromatic rings. The van der Waals surface area contributed by atoms with Crippen LogP contribution in [0, 0.1) is 5.92 Å². The topological polar surface area (TPSA) is 24.5 Å². The summed E-state index contributed by atoms with van der Waals surface area (Å²) in [4.78, 5) is 2.73. The van der Waals surface area contributed by atoms with Crippen molar-refractivity contribution in [3.63, 3.8) is 0 Å². The van der Waals surface area contributed by atoms with Crippen molar-refractivity contribution in [3.05, 3.63) is 0 Å². The first-order valence-electron chi connectivity index (χ1n) is 8.27. The lowest BCUT2D eigenvalue weighted by atomic mass is 9.97. The summed E-state index contributed by atoms with van der Waals surface area (Å²) in [5.74, 6) is 0.757. The molecular formula is C16H32N2O. The smallest absolute Gasteiger partial charge is 0.0593 e. The maximum absolute atomic E-state index is 5.79. The Balaban J connectivity index is 1.65. The van der Waals surface area contributed by atoms with E-state index < -0.39 is 0 Å². The molecule has 3 heteroatoms. The van der Waals surface area contributed by atoms with Gasteiger partial charge in [0.05, 0.1) is 6.61 Å². The fourth-order valence-electron chi connectivity index (χ4n) is 3.69. The van der Waals surface area contributed by atoms with Crippen LogP contribution in [-0.4, -0.2) is 49.3 Å². The van der Waals surface area contributed by atoms with E-state index >= 15 is 0 Å². The Morgan fingerprint density at radius 1 is 1.16 bits per heavy atom. The molecule has 0 amide bonds. The van der Waals surface area contributed by atoms with E-state index in [4.69, 9.17) is 4.74 Å². The van der Waals surface area contributed by atoms with Crippen LogP contribution in [0.1, 0.15) is 52.9 Å². The molecule has 2 atom stereocenters. The predicted molar refractivity (Wildman–Crippen MR) is 80.5 cm³/mol. The molecule has 0 radical (unpaired) electrons. The first-order chi connectivity index (χ1) is 9.20. The Labute approximate surface area is 119 Å². The van der Waals surface area contributed by atoms with Crippen molar-refractivity contribution in [2.24, 2.45) is 5.92 Å². The van der Waals surface area contributed by atoms with Gasteiger partial charge in [0.1, 0.15) is 0 Å².